The van der Waals surface area contributed by atoms with Crippen LogP contribution >= 0.6 is 0 Å². The summed E-state index contributed by atoms with van der Waals surface area (Å²) in [6, 6.07) is 0. The average molecular weight is 125 g/mol. The van der Waals surface area contributed by atoms with Gasteiger partial charge in [-0.3, -0.25) is 0 Å². The smallest absolute Gasteiger partial charge is 0.0465 e. The summed E-state index contributed by atoms with van der Waals surface area (Å²) in [7, 11) is 0. The van der Waals surface area contributed by atoms with Gasteiger partial charge < -0.3 is 5.92 Å². The molecule has 0 heteroatoms. The van der Waals surface area contributed by atoms with Crippen molar-refractivity contribution >= 4 is 0 Å². The number of rotatable bonds is 3. The Morgan fingerprint density at radius 2 is 2.00 bits per heavy atom. The standard InChI is InChI=1S/C9H17/c1-6-9(7(2)3)8(4)5/h9H,2,6H2,1,3-5H3/q-1. The molecule has 1 atom stereocenters. The van der Waals surface area contributed by atoms with E-state index in [4.69, 9.17) is 0 Å². The fourth-order valence-corrected chi connectivity index (χ4v) is 1.25. The molecule has 0 heterocycles. The zero-order chi connectivity index (χ0) is 7.44. The van der Waals surface area contributed by atoms with Crippen LogP contribution in [0.25, 0.3) is 0 Å². The molecule has 0 fully saturated rings. The van der Waals surface area contributed by atoms with Crippen LogP contribution in [0.1, 0.15) is 34.1 Å². The van der Waals surface area contributed by atoms with Crippen molar-refractivity contribution in [1.82, 2.24) is 0 Å². The third-order valence-electron chi connectivity index (χ3n) is 1.70. The normalized spacial score (nSPS) is 13.9. The van der Waals surface area contributed by atoms with Crippen molar-refractivity contribution < 1.29 is 0 Å². The molecule has 0 aromatic heterocycles. The predicted molar refractivity (Wildman–Crippen MR) is 43.2 cm³/mol. The van der Waals surface area contributed by atoms with Crippen LogP contribution in [0, 0.1) is 11.8 Å². The summed E-state index contributed by atoms with van der Waals surface area (Å²) in [5.74, 6) is 2.12. The van der Waals surface area contributed by atoms with Crippen molar-refractivity contribution in [2.24, 2.45) is 5.92 Å². The average Bonchev–Trinajstić information content (AvgIpc) is 1.64. The Kier molecular flexibility index (Phi) is 3.60. The van der Waals surface area contributed by atoms with E-state index in [0.29, 0.717) is 5.92 Å². The second-order valence-electron chi connectivity index (χ2n) is 2.88. The summed E-state index contributed by atoms with van der Waals surface area (Å²) in [4.78, 5) is 0. The summed E-state index contributed by atoms with van der Waals surface area (Å²) in [5, 5.41) is 0. The first kappa shape index (κ1) is 8.74. The van der Waals surface area contributed by atoms with Gasteiger partial charge in [-0.15, -0.1) is 18.1 Å². The minimum Gasteiger partial charge on any atom is -0.313 e. The lowest BCUT2D eigenvalue weighted by molar-refractivity contribution is 0.612. The molecule has 0 nitrogen and oxygen atoms in total. The molecule has 0 N–H and O–H groups in total. The highest BCUT2D eigenvalue weighted by Gasteiger charge is 1.98. The van der Waals surface area contributed by atoms with E-state index in [1.54, 1.807) is 0 Å². The van der Waals surface area contributed by atoms with Crippen LogP contribution in [-0.2, 0) is 0 Å². The van der Waals surface area contributed by atoms with Gasteiger partial charge in [0.15, 0.2) is 0 Å². The second-order valence-corrected chi connectivity index (χ2v) is 2.88. The van der Waals surface area contributed by atoms with Crippen molar-refractivity contribution in [3.8, 4) is 0 Å². The van der Waals surface area contributed by atoms with E-state index in [2.05, 4.69) is 34.3 Å². The van der Waals surface area contributed by atoms with Gasteiger partial charge in [0.25, 0.3) is 0 Å². The summed E-state index contributed by atoms with van der Waals surface area (Å²) < 4.78 is 0. The lowest BCUT2D eigenvalue weighted by Gasteiger charge is -2.31. The van der Waals surface area contributed by atoms with Crippen LogP contribution in [0.5, 0.6) is 0 Å². The Balaban J connectivity index is 3.83. The molecule has 0 radical (unpaired) electrons. The highest BCUT2D eigenvalue weighted by atomic mass is 14.1. The highest BCUT2D eigenvalue weighted by molar-refractivity contribution is 5.06. The van der Waals surface area contributed by atoms with Crippen molar-refractivity contribution in [3.63, 3.8) is 0 Å². The van der Waals surface area contributed by atoms with Crippen molar-refractivity contribution in [2.45, 2.75) is 34.1 Å². The molecule has 0 aliphatic carbocycles. The van der Waals surface area contributed by atoms with Gasteiger partial charge in [0.2, 0.25) is 0 Å². The molecule has 0 bridgehead atoms. The van der Waals surface area contributed by atoms with Gasteiger partial charge in [-0.05, 0) is 6.92 Å². The van der Waals surface area contributed by atoms with Crippen LogP contribution in [0.4, 0.5) is 0 Å². The monoisotopic (exact) mass is 125 g/mol. The van der Waals surface area contributed by atoms with Crippen LogP contribution in [0.15, 0.2) is 12.2 Å². The van der Waals surface area contributed by atoms with E-state index in [-0.39, 0.29) is 0 Å². The van der Waals surface area contributed by atoms with Gasteiger partial charge in [0, 0.05) is 0 Å². The van der Waals surface area contributed by atoms with E-state index < -0.39 is 0 Å². The summed E-state index contributed by atoms with van der Waals surface area (Å²) in [5.41, 5.74) is 1.29. The van der Waals surface area contributed by atoms with Gasteiger partial charge >= 0.3 is 0 Å². The van der Waals surface area contributed by atoms with Crippen LogP contribution in [0.2, 0.25) is 0 Å². The molecular weight excluding hydrogens is 108 g/mol. The lowest BCUT2D eigenvalue weighted by atomic mass is 9.88. The first-order valence-corrected chi connectivity index (χ1v) is 3.55. The van der Waals surface area contributed by atoms with Gasteiger partial charge in [-0.2, -0.15) is 13.8 Å². The topological polar surface area (TPSA) is 0 Å². The quantitative estimate of drug-likeness (QED) is 0.401. The fraction of sp³-hybridized carbons (Fsp3) is 0.667. The molecule has 0 spiro atoms. The van der Waals surface area contributed by atoms with E-state index in [9.17, 15) is 0 Å². The largest absolute Gasteiger partial charge is 0.313 e. The molecule has 0 aliphatic heterocycles. The first-order chi connectivity index (χ1) is 4.09. The lowest BCUT2D eigenvalue weighted by Crippen LogP contribution is -2.05. The zero-order valence-corrected chi connectivity index (χ0v) is 6.99. The molecule has 54 valence electrons. The van der Waals surface area contributed by atoms with Crippen molar-refractivity contribution in [2.75, 3.05) is 0 Å². The summed E-state index contributed by atoms with van der Waals surface area (Å²) >= 11 is 0. The summed E-state index contributed by atoms with van der Waals surface area (Å²) in [6.45, 7) is 12.6. The molecule has 0 aromatic rings. The SMILES string of the molecule is C=C(C)C(CC)[C-](C)C. The molecule has 0 saturated heterocycles. The van der Waals surface area contributed by atoms with E-state index in [0.717, 1.165) is 0 Å². The van der Waals surface area contributed by atoms with Crippen LogP contribution < -0.4 is 0 Å². The maximum absolute atomic E-state index is 3.93. The van der Waals surface area contributed by atoms with Crippen molar-refractivity contribution in [1.29, 1.82) is 0 Å². The Morgan fingerprint density at radius 3 is 2.00 bits per heavy atom. The summed E-state index contributed by atoms with van der Waals surface area (Å²) in [6.07, 6.45) is 1.19. The number of allylic oxidation sites excluding steroid dienone is 1. The Labute approximate surface area is 59.0 Å². The Bertz CT molecular complexity index is 90.2. The minimum absolute atomic E-state index is 0.644. The molecule has 1 unspecified atom stereocenters. The van der Waals surface area contributed by atoms with Gasteiger partial charge in [-0.25, -0.2) is 0 Å². The third kappa shape index (κ3) is 2.69. The van der Waals surface area contributed by atoms with Crippen molar-refractivity contribution in [3.05, 3.63) is 18.1 Å². The highest BCUT2D eigenvalue weighted by Crippen LogP contribution is 2.23. The molecule has 0 amide bonds. The number of hydrogen-bond donors (Lipinski definition) is 0. The van der Waals surface area contributed by atoms with E-state index >= 15 is 0 Å². The second kappa shape index (κ2) is 3.71. The first-order valence-electron chi connectivity index (χ1n) is 3.55. The molecule has 0 saturated carbocycles. The predicted octanol–water partition coefficient (Wildman–Crippen LogP) is 3.20. The molecule has 0 aromatic carbocycles. The van der Waals surface area contributed by atoms with Crippen LogP contribution in [-0.4, -0.2) is 0 Å². The molecule has 0 rings (SSSR count). The fourth-order valence-electron chi connectivity index (χ4n) is 1.25. The van der Waals surface area contributed by atoms with Crippen LogP contribution in [0.3, 0.4) is 0 Å². The van der Waals surface area contributed by atoms with E-state index in [1.165, 1.54) is 17.9 Å². The zero-order valence-electron chi connectivity index (χ0n) is 6.99. The van der Waals surface area contributed by atoms with Gasteiger partial charge in [-0.1, -0.05) is 13.3 Å². The minimum atomic E-state index is 0.644. The maximum atomic E-state index is 3.93. The maximum Gasteiger partial charge on any atom is -0.0465 e. The Morgan fingerprint density at radius 1 is 1.56 bits per heavy atom. The molecule has 9 heavy (non-hydrogen) atoms. The molecular formula is C9H17-. The van der Waals surface area contributed by atoms with Gasteiger partial charge in [0.05, 0.1) is 0 Å². The number of hydrogen-bond acceptors (Lipinski definition) is 0. The Hall–Kier alpha value is -0.260. The van der Waals surface area contributed by atoms with Gasteiger partial charge in [0.1, 0.15) is 0 Å². The molecule has 0 aliphatic rings. The third-order valence-corrected chi connectivity index (χ3v) is 1.70. The van der Waals surface area contributed by atoms with E-state index in [1.807, 2.05) is 0 Å².